The fourth-order valence-corrected chi connectivity index (χ4v) is 5.39. The van der Waals surface area contributed by atoms with E-state index in [0.717, 1.165) is 33.9 Å². The standard InChI is InChI=1S/C18H25N3OS2/c1-10-11(2)23-17-15(10)18(20-13(4)19-17)24-12(3)16(22)21-14-8-6-5-7-9-14/h12,14H,5-9H2,1-4H3,(H,21,22)/t12-/m0/s1. The summed E-state index contributed by atoms with van der Waals surface area (Å²) < 4.78 is 0. The van der Waals surface area contributed by atoms with E-state index in [9.17, 15) is 4.79 Å². The summed E-state index contributed by atoms with van der Waals surface area (Å²) in [5.41, 5.74) is 1.23. The van der Waals surface area contributed by atoms with Gasteiger partial charge < -0.3 is 5.32 Å². The van der Waals surface area contributed by atoms with Gasteiger partial charge in [-0.15, -0.1) is 11.3 Å². The summed E-state index contributed by atoms with van der Waals surface area (Å²) in [7, 11) is 0. The van der Waals surface area contributed by atoms with Crippen molar-refractivity contribution < 1.29 is 4.79 Å². The molecule has 1 atom stereocenters. The van der Waals surface area contributed by atoms with Crippen LogP contribution in [-0.2, 0) is 4.79 Å². The van der Waals surface area contributed by atoms with E-state index < -0.39 is 0 Å². The fourth-order valence-electron chi connectivity index (χ4n) is 3.19. The van der Waals surface area contributed by atoms with Crippen molar-refractivity contribution in [1.29, 1.82) is 0 Å². The van der Waals surface area contributed by atoms with Gasteiger partial charge in [-0.2, -0.15) is 0 Å². The monoisotopic (exact) mass is 363 g/mol. The van der Waals surface area contributed by atoms with E-state index in [4.69, 9.17) is 0 Å². The Hall–Kier alpha value is -1.14. The fraction of sp³-hybridized carbons (Fsp3) is 0.611. The lowest BCUT2D eigenvalue weighted by molar-refractivity contribution is -0.121. The van der Waals surface area contributed by atoms with Gasteiger partial charge in [-0.3, -0.25) is 4.79 Å². The number of hydrogen-bond acceptors (Lipinski definition) is 5. The van der Waals surface area contributed by atoms with Gasteiger partial charge in [-0.05, 0) is 46.1 Å². The third-order valence-electron chi connectivity index (χ3n) is 4.72. The van der Waals surface area contributed by atoms with Gasteiger partial charge in [0.25, 0.3) is 0 Å². The van der Waals surface area contributed by atoms with E-state index >= 15 is 0 Å². The smallest absolute Gasteiger partial charge is 0.233 e. The average Bonchev–Trinajstić information content (AvgIpc) is 2.82. The minimum absolute atomic E-state index is 0.126. The maximum atomic E-state index is 12.6. The molecule has 0 saturated heterocycles. The molecule has 3 rings (SSSR count). The van der Waals surface area contributed by atoms with Gasteiger partial charge in [0.2, 0.25) is 5.91 Å². The molecule has 0 radical (unpaired) electrons. The number of nitrogens with one attached hydrogen (secondary N) is 1. The SMILES string of the molecule is Cc1nc(S[C@@H](C)C(=O)NC2CCCCC2)c2c(C)c(C)sc2n1. The highest BCUT2D eigenvalue weighted by Gasteiger charge is 2.23. The third kappa shape index (κ3) is 3.75. The number of aromatic nitrogens is 2. The number of amides is 1. The molecule has 1 saturated carbocycles. The molecule has 0 bridgehead atoms. The van der Waals surface area contributed by atoms with Crippen molar-refractivity contribution in [2.24, 2.45) is 0 Å². The molecular formula is C18H25N3OS2. The van der Waals surface area contributed by atoms with Gasteiger partial charge in [0.1, 0.15) is 15.7 Å². The van der Waals surface area contributed by atoms with Crippen molar-refractivity contribution >= 4 is 39.2 Å². The lowest BCUT2D eigenvalue weighted by atomic mass is 9.95. The number of carbonyl (C=O) groups excluding carboxylic acids is 1. The second-order valence-electron chi connectivity index (χ2n) is 6.64. The van der Waals surface area contributed by atoms with E-state index in [1.54, 1.807) is 23.1 Å². The van der Waals surface area contributed by atoms with Crippen LogP contribution in [0.3, 0.4) is 0 Å². The molecule has 0 aliphatic heterocycles. The second-order valence-corrected chi connectivity index (χ2v) is 9.18. The molecule has 0 spiro atoms. The lowest BCUT2D eigenvalue weighted by Crippen LogP contribution is -2.40. The Morgan fingerprint density at radius 2 is 1.92 bits per heavy atom. The van der Waals surface area contributed by atoms with Crippen LogP contribution in [0.2, 0.25) is 0 Å². The molecule has 1 fully saturated rings. The van der Waals surface area contributed by atoms with Crippen molar-refractivity contribution in [3.63, 3.8) is 0 Å². The molecule has 1 aliphatic rings. The summed E-state index contributed by atoms with van der Waals surface area (Å²) in [6, 6.07) is 0.353. The molecule has 1 amide bonds. The number of nitrogens with zero attached hydrogens (tertiary/aromatic N) is 2. The summed E-state index contributed by atoms with van der Waals surface area (Å²) in [5.74, 6) is 0.895. The average molecular weight is 364 g/mol. The van der Waals surface area contributed by atoms with Gasteiger partial charge in [0, 0.05) is 16.3 Å². The molecule has 4 nitrogen and oxygen atoms in total. The normalized spacial score (nSPS) is 17.2. The molecule has 0 aromatic carbocycles. The van der Waals surface area contributed by atoms with Crippen molar-refractivity contribution in [3.8, 4) is 0 Å². The third-order valence-corrected chi connectivity index (χ3v) is 6.90. The Labute approximate surface area is 151 Å². The van der Waals surface area contributed by atoms with Crippen LogP contribution in [0.25, 0.3) is 10.2 Å². The molecule has 1 N–H and O–H groups in total. The summed E-state index contributed by atoms with van der Waals surface area (Å²) >= 11 is 3.26. The van der Waals surface area contributed by atoms with Crippen LogP contribution in [0.4, 0.5) is 0 Å². The number of carbonyl (C=O) groups is 1. The molecule has 2 heterocycles. The Morgan fingerprint density at radius 3 is 2.62 bits per heavy atom. The van der Waals surface area contributed by atoms with E-state index in [1.807, 2.05) is 13.8 Å². The zero-order valence-corrected chi connectivity index (χ0v) is 16.4. The van der Waals surface area contributed by atoms with Crippen LogP contribution < -0.4 is 5.32 Å². The van der Waals surface area contributed by atoms with Crippen molar-refractivity contribution in [2.75, 3.05) is 0 Å². The predicted molar refractivity (Wildman–Crippen MR) is 102 cm³/mol. The molecular weight excluding hydrogens is 338 g/mol. The topological polar surface area (TPSA) is 54.9 Å². The van der Waals surface area contributed by atoms with E-state index in [1.165, 1.54) is 29.7 Å². The first kappa shape index (κ1) is 17.7. The van der Waals surface area contributed by atoms with Crippen molar-refractivity contribution in [1.82, 2.24) is 15.3 Å². The van der Waals surface area contributed by atoms with Crippen LogP contribution in [0, 0.1) is 20.8 Å². The maximum Gasteiger partial charge on any atom is 0.233 e. The molecule has 2 aromatic rings. The highest BCUT2D eigenvalue weighted by Crippen LogP contribution is 2.36. The van der Waals surface area contributed by atoms with Crippen LogP contribution in [0.5, 0.6) is 0 Å². The van der Waals surface area contributed by atoms with Gasteiger partial charge in [0.05, 0.1) is 5.25 Å². The molecule has 1 aliphatic carbocycles. The molecule has 130 valence electrons. The van der Waals surface area contributed by atoms with Gasteiger partial charge >= 0.3 is 0 Å². The van der Waals surface area contributed by atoms with Gasteiger partial charge in [-0.25, -0.2) is 9.97 Å². The number of rotatable bonds is 4. The van der Waals surface area contributed by atoms with E-state index in [0.29, 0.717) is 6.04 Å². The van der Waals surface area contributed by atoms with Gasteiger partial charge in [-0.1, -0.05) is 31.0 Å². The number of thiophene rings is 1. The summed E-state index contributed by atoms with van der Waals surface area (Å²) in [5, 5.41) is 5.12. The quantitative estimate of drug-likeness (QED) is 0.640. The summed E-state index contributed by atoms with van der Waals surface area (Å²) in [6.45, 7) is 8.12. The number of thioether (sulfide) groups is 1. The van der Waals surface area contributed by atoms with E-state index in [-0.39, 0.29) is 11.2 Å². The first-order chi connectivity index (χ1) is 11.5. The minimum Gasteiger partial charge on any atom is -0.352 e. The minimum atomic E-state index is -0.149. The first-order valence-electron chi connectivity index (χ1n) is 8.67. The first-order valence-corrected chi connectivity index (χ1v) is 10.4. The Morgan fingerprint density at radius 1 is 1.21 bits per heavy atom. The molecule has 0 unspecified atom stereocenters. The zero-order chi connectivity index (χ0) is 17.3. The summed E-state index contributed by atoms with van der Waals surface area (Å²) in [6.07, 6.45) is 5.98. The Kier molecular flexibility index (Phi) is 5.45. The van der Waals surface area contributed by atoms with Crippen LogP contribution >= 0.6 is 23.1 Å². The highest BCUT2D eigenvalue weighted by molar-refractivity contribution is 8.00. The maximum absolute atomic E-state index is 12.6. The van der Waals surface area contributed by atoms with Gasteiger partial charge in [0.15, 0.2) is 0 Å². The highest BCUT2D eigenvalue weighted by atomic mass is 32.2. The van der Waals surface area contributed by atoms with Crippen molar-refractivity contribution in [3.05, 3.63) is 16.3 Å². The van der Waals surface area contributed by atoms with E-state index in [2.05, 4.69) is 29.1 Å². The van der Waals surface area contributed by atoms with Crippen molar-refractivity contribution in [2.45, 2.75) is 76.1 Å². The van der Waals surface area contributed by atoms with Crippen LogP contribution in [0.15, 0.2) is 5.03 Å². The Balaban J connectivity index is 1.77. The zero-order valence-electron chi connectivity index (χ0n) is 14.8. The Bertz CT molecular complexity index is 750. The summed E-state index contributed by atoms with van der Waals surface area (Å²) in [4.78, 5) is 24.0. The molecule has 2 aromatic heterocycles. The predicted octanol–water partition coefficient (Wildman–Crippen LogP) is 4.55. The second kappa shape index (κ2) is 7.40. The van der Waals surface area contributed by atoms with Crippen LogP contribution in [0.1, 0.15) is 55.3 Å². The number of aryl methyl sites for hydroxylation is 3. The van der Waals surface area contributed by atoms with Crippen LogP contribution in [-0.4, -0.2) is 27.2 Å². The molecule has 24 heavy (non-hydrogen) atoms. The lowest BCUT2D eigenvalue weighted by Gasteiger charge is -2.24. The number of fused-ring (bicyclic) bond motifs is 1. The number of hydrogen-bond donors (Lipinski definition) is 1. The largest absolute Gasteiger partial charge is 0.352 e. The molecule has 6 heteroatoms.